The normalized spacial score (nSPS) is 50.9. The summed E-state index contributed by atoms with van der Waals surface area (Å²) in [7, 11) is 0. The molecule has 4 aliphatic rings. The Morgan fingerprint density at radius 2 is 1.95 bits per heavy atom. The van der Waals surface area contributed by atoms with Gasteiger partial charge in [-0.25, -0.2) is 0 Å². The molecule has 3 saturated carbocycles. The third-order valence-electron chi connectivity index (χ3n) is 8.27. The minimum Gasteiger partial charge on any atom is -0.393 e. The van der Waals surface area contributed by atoms with Crippen molar-refractivity contribution in [2.45, 2.75) is 77.7 Å². The molecule has 0 aromatic heterocycles. The first-order chi connectivity index (χ1) is 10.5. The lowest BCUT2D eigenvalue weighted by Crippen LogP contribution is -2.52. The number of aliphatic hydroxyl groups is 1. The number of rotatable bonds is 1. The number of fused-ring (bicyclic) bond motifs is 5. The van der Waals surface area contributed by atoms with Crippen LogP contribution in [0.1, 0.15) is 71.6 Å². The number of hydrogen-bond acceptors (Lipinski definition) is 2. The van der Waals surface area contributed by atoms with E-state index in [0.717, 1.165) is 37.5 Å². The van der Waals surface area contributed by atoms with E-state index < -0.39 is 0 Å². The highest BCUT2D eigenvalue weighted by molar-refractivity contribution is 5.91. The maximum atomic E-state index is 11.9. The molecule has 2 nitrogen and oxygen atoms in total. The smallest absolute Gasteiger partial charge is 0.155 e. The zero-order valence-electron chi connectivity index (χ0n) is 14.1. The van der Waals surface area contributed by atoms with Crippen LogP contribution in [0.5, 0.6) is 0 Å². The second-order valence-corrected chi connectivity index (χ2v) is 8.70. The highest BCUT2D eigenvalue weighted by atomic mass is 16.3. The molecule has 4 aliphatic carbocycles. The molecule has 122 valence electrons. The molecular weight excluding hydrogens is 272 g/mol. The minimum atomic E-state index is -0.0825. The first-order valence-corrected chi connectivity index (χ1v) is 9.43. The first kappa shape index (κ1) is 14.9. The van der Waals surface area contributed by atoms with Gasteiger partial charge in [-0.15, -0.1) is 0 Å². The maximum Gasteiger partial charge on any atom is 0.155 e. The Labute approximate surface area is 134 Å². The van der Waals surface area contributed by atoms with Gasteiger partial charge in [0.1, 0.15) is 0 Å². The summed E-state index contributed by atoms with van der Waals surface area (Å²) in [5.41, 5.74) is 1.96. The fourth-order valence-electron chi connectivity index (χ4n) is 7.00. The van der Waals surface area contributed by atoms with Crippen molar-refractivity contribution >= 4 is 5.78 Å². The zero-order chi connectivity index (χ0) is 15.5. The minimum absolute atomic E-state index is 0.0825. The van der Waals surface area contributed by atoms with E-state index in [1.165, 1.54) is 37.7 Å². The standard InChI is InChI=1S/C20H30O2/c1-3-20-11-8-14(21)12-13(20)4-5-15-16-6-7-18(22)19(16,2)10-9-17(15)20/h12,15-18,22H,3-11H2,1-2H3/t15?,16?,17?,18-,19-,20-/m0/s1. The molecule has 0 radical (unpaired) electrons. The van der Waals surface area contributed by atoms with Gasteiger partial charge in [0, 0.05) is 6.42 Å². The van der Waals surface area contributed by atoms with Gasteiger partial charge in [0.05, 0.1) is 6.10 Å². The molecule has 0 amide bonds. The summed E-state index contributed by atoms with van der Waals surface area (Å²) in [4.78, 5) is 11.9. The second kappa shape index (κ2) is 4.93. The van der Waals surface area contributed by atoms with E-state index >= 15 is 0 Å². The molecule has 1 N–H and O–H groups in total. The number of carbonyl (C=O) groups is 1. The summed E-state index contributed by atoms with van der Waals surface area (Å²) < 4.78 is 0. The lowest BCUT2D eigenvalue weighted by Gasteiger charge is -2.58. The molecule has 0 aromatic carbocycles. The van der Waals surface area contributed by atoms with E-state index in [9.17, 15) is 9.90 Å². The van der Waals surface area contributed by atoms with Crippen molar-refractivity contribution in [2.24, 2.45) is 28.6 Å². The molecule has 6 atom stereocenters. The second-order valence-electron chi connectivity index (χ2n) is 8.70. The maximum absolute atomic E-state index is 11.9. The summed E-state index contributed by atoms with van der Waals surface area (Å²) in [6.07, 6.45) is 12.0. The molecule has 0 aliphatic heterocycles. The van der Waals surface area contributed by atoms with Gasteiger partial charge in [0.25, 0.3) is 0 Å². The Morgan fingerprint density at radius 3 is 2.73 bits per heavy atom. The van der Waals surface area contributed by atoms with Crippen molar-refractivity contribution in [3.63, 3.8) is 0 Å². The van der Waals surface area contributed by atoms with Crippen molar-refractivity contribution in [1.82, 2.24) is 0 Å². The van der Waals surface area contributed by atoms with Gasteiger partial charge in [-0.2, -0.15) is 0 Å². The van der Waals surface area contributed by atoms with Crippen LogP contribution in [0.25, 0.3) is 0 Å². The molecule has 22 heavy (non-hydrogen) atoms. The van der Waals surface area contributed by atoms with Gasteiger partial charge in [-0.05, 0) is 86.0 Å². The van der Waals surface area contributed by atoms with Crippen molar-refractivity contribution in [3.05, 3.63) is 11.6 Å². The number of carbonyl (C=O) groups excluding carboxylic acids is 1. The Hall–Kier alpha value is -0.630. The van der Waals surface area contributed by atoms with Gasteiger partial charge in [-0.1, -0.05) is 19.4 Å². The van der Waals surface area contributed by atoms with Gasteiger partial charge in [0.15, 0.2) is 5.78 Å². The van der Waals surface area contributed by atoms with Crippen molar-refractivity contribution in [2.75, 3.05) is 0 Å². The number of allylic oxidation sites excluding steroid dienone is 1. The predicted molar refractivity (Wildman–Crippen MR) is 87.3 cm³/mol. The Bertz CT molecular complexity index is 522. The Morgan fingerprint density at radius 1 is 1.14 bits per heavy atom. The van der Waals surface area contributed by atoms with Crippen molar-refractivity contribution in [1.29, 1.82) is 0 Å². The van der Waals surface area contributed by atoms with Crippen molar-refractivity contribution in [3.8, 4) is 0 Å². The lowest BCUT2D eigenvalue weighted by atomic mass is 9.46. The molecule has 0 spiro atoms. The van der Waals surface area contributed by atoms with Crippen molar-refractivity contribution < 1.29 is 9.90 Å². The largest absolute Gasteiger partial charge is 0.393 e. The van der Waals surface area contributed by atoms with Gasteiger partial charge in [-0.3, -0.25) is 4.79 Å². The molecule has 0 bridgehead atoms. The van der Waals surface area contributed by atoms with Crippen LogP contribution in [0.15, 0.2) is 11.6 Å². The summed E-state index contributed by atoms with van der Waals surface area (Å²) >= 11 is 0. The van der Waals surface area contributed by atoms with Crippen LogP contribution in [-0.2, 0) is 4.79 Å². The van der Waals surface area contributed by atoms with Crippen LogP contribution < -0.4 is 0 Å². The summed E-state index contributed by atoms with van der Waals surface area (Å²) in [5, 5.41) is 10.5. The van der Waals surface area contributed by atoms with E-state index in [-0.39, 0.29) is 11.5 Å². The highest BCUT2D eigenvalue weighted by Gasteiger charge is 2.59. The van der Waals surface area contributed by atoms with Crippen LogP contribution in [0, 0.1) is 28.6 Å². The monoisotopic (exact) mass is 302 g/mol. The first-order valence-electron chi connectivity index (χ1n) is 9.43. The molecule has 0 aromatic rings. The third kappa shape index (κ3) is 1.79. The highest BCUT2D eigenvalue weighted by Crippen LogP contribution is 2.66. The van der Waals surface area contributed by atoms with Crippen LogP contribution in [0.4, 0.5) is 0 Å². The molecule has 3 unspecified atom stereocenters. The number of ketones is 1. The third-order valence-corrected chi connectivity index (χ3v) is 8.27. The Kier molecular flexibility index (Phi) is 3.35. The predicted octanol–water partition coefficient (Wildman–Crippen LogP) is 4.27. The van der Waals surface area contributed by atoms with Gasteiger partial charge < -0.3 is 5.11 Å². The Balaban J connectivity index is 1.71. The quantitative estimate of drug-likeness (QED) is 0.785. The fraction of sp³-hybridized carbons (Fsp3) is 0.850. The molecule has 3 fully saturated rings. The average Bonchev–Trinajstić information content (AvgIpc) is 2.82. The fourth-order valence-corrected chi connectivity index (χ4v) is 7.00. The number of hydrogen-bond donors (Lipinski definition) is 1. The van der Waals surface area contributed by atoms with Crippen LogP contribution in [0.3, 0.4) is 0 Å². The SMILES string of the molecule is CC[C@]12CCC(=O)C=C1CCC1C2CC[C@@]2(C)C1CC[C@@H]2O. The lowest BCUT2D eigenvalue weighted by molar-refractivity contribution is -0.118. The molecule has 0 heterocycles. The average molecular weight is 302 g/mol. The van der Waals surface area contributed by atoms with Crippen LogP contribution in [0.2, 0.25) is 0 Å². The van der Waals surface area contributed by atoms with E-state index in [1.54, 1.807) is 0 Å². The van der Waals surface area contributed by atoms with Gasteiger partial charge >= 0.3 is 0 Å². The summed E-state index contributed by atoms with van der Waals surface area (Å²) in [5.74, 6) is 2.61. The van der Waals surface area contributed by atoms with E-state index in [2.05, 4.69) is 13.8 Å². The number of aliphatic hydroxyl groups excluding tert-OH is 1. The van der Waals surface area contributed by atoms with Crippen LogP contribution in [-0.4, -0.2) is 17.0 Å². The zero-order valence-corrected chi connectivity index (χ0v) is 14.1. The molecular formula is C20H30O2. The topological polar surface area (TPSA) is 37.3 Å². The van der Waals surface area contributed by atoms with E-state index in [0.29, 0.717) is 17.1 Å². The van der Waals surface area contributed by atoms with Crippen LogP contribution >= 0.6 is 0 Å². The van der Waals surface area contributed by atoms with E-state index in [4.69, 9.17) is 0 Å². The van der Waals surface area contributed by atoms with E-state index in [1.807, 2.05) is 6.08 Å². The molecule has 2 heteroatoms. The molecule has 4 rings (SSSR count). The van der Waals surface area contributed by atoms with Gasteiger partial charge in [0.2, 0.25) is 0 Å². The summed E-state index contributed by atoms with van der Waals surface area (Å²) in [6.45, 7) is 4.68. The summed E-state index contributed by atoms with van der Waals surface area (Å²) in [6, 6.07) is 0. The molecule has 0 saturated heterocycles.